The highest BCUT2D eigenvalue weighted by Crippen LogP contribution is 2.25. The second-order valence-electron chi connectivity index (χ2n) is 5.42. The summed E-state index contributed by atoms with van der Waals surface area (Å²) in [6, 6.07) is 10.0. The van der Waals surface area contributed by atoms with E-state index in [1.165, 1.54) is 24.1 Å². The van der Waals surface area contributed by atoms with Gasteiger partial charge in [0.15, 0.2) is 0 Å². The first-order valence-corrected chi connectivity index (χ1v) is 7.32. The van der Waals surface area contributed by atoms with Gasteiger partial charge in [0.25, 0.3) is 0 Å². The van der Waals surface area contributed by atoms with Crippen LogP contribution in [0.3, 0.4) is 0 Å². The van der Waals surface area contributed by atoms with Crippen LogP contribution in [0.15, 0.2) is 24.3 Å². The van der Waals surface area contributed by atoms with Crippen LogP contribution < -0.4 is 10.2 Å². The number of rotatable bonds is 5. The molecule has 106 valence electrons. The van der Waals surface area contributed by atoms with E-state index in [1.807, 2.05) is 0 Å². The molecule has 0 bridgehead atoms. The van der Waals surface area contributed by atoms with Gasteiger partial charge in [-0.3, -0.25) is 0 Å². The fraction of sp³-hybridized carbons (Fsp3) is 0.625. The van der Waals surface area contributed by atoms with E-state index in [2.05, 4.69) is 48.3 Å². The van der Waals surface area contributed by atoms with Crippen molar-refractivity contribution in [3.8, 4) is 0 Å². The summed E-state index contributed by atoms with van der Waals surface area (Å²) >= 11 is 0. The molecule has 19 heavy (non-hydrogen) atoms. The molecule has 3 heteroatoms. The molecule has 0 saturated carbocycles. The molecular formula is C16H26N2O. The monoisotopic (exact) mass is 262 g/mol. The first kappa shape index (κ1) is 14.4. The summed E-state index contributed by atoms with van der Waals surface area (Å²) in [6.45, 7) is 7.41. The summed E-state index contributed by atoms with van der Waals surface area (Å²) in [5, 5.41) is 3.57. The van der Waals surface area contributed by atoms with Crippen molar-refractivity contribution in [2.45, 2.75) is 45.4 Å². The predicted molar refractivity (Wildman–Crippen MR) is 80.7 cm³/mol. The molecule has 1 fully saturated rings. The zero-order valence-electron chi connectivity index (χ0n) is 12.4. The van der Waals surface area contributed by atoms with Crippen LogP contribution in [-0.4, -0.2) is 32.3 Å². The second kappa shape index (κ2) is 6.92. The zero-order valence-corrected chi connectivity index (χ0v) is 12.4. The van der Waals surface area contributed by atoms with Crippen molar-refractivity contribution < 1.29 is 4.74 Å². The fourth-order valence-corrected chi connectivity index (χ4v) is 3.02. The van der Waals surface area contributed by atoms with Crippen LogP contribution in [-0.2, 0) is 11.3 Å². The molecule has 1 heterocycles. The van der Waals surface area contributed by atoms with E-state index in [-0.39, 0.29) is 0 Å². The standard InChI is InChI=1S/C16H26N2O/c1-4-17-15-8-9-18(13(2)10-15)16-7-5-6-14(11-16)12-19-3/h5-7,11,13,15,17H,4,8-10,12H2,1-3H3. The lowest BCUT2D eigenvalue weighted by Gasteiger charge is -2.39. The Hall–Kier alpha value is -1.06. The van der Waals surface area contributed by atoms with Crippen LogP contribution in [0.5, 0.6) is 0 Å². The average Bonchev–Trinajstić information content (AvgIpc) is 2.40. The van der Waals surface area contributed by atoms with Crippen LogP contribution in [0.4, 0.5) is 5.69 Å². The topological polar surface area (TPSA) is 24.5 Å². The molecule has 0 amide bonds. The van der Waals surface area contributed by atoms with Gasteiger partial charge in [0.1, 0.15) is 0 Å². The van der Waals surface area contributed by atoms with Crippen LogP contribution in [0, 0.1) is 0 Å². The first-order valence-electron chi connectivity index (χ1n) is 7.32. The summed E-state index contributed by atoms with van der Waals surface area (Å²) in [4.78, 5) is 2.52. The minimum atomic E-state index is 0.593. The minimum absolute atomic E-state index is 0.593. The van der Waals surface area contributed by atoms with Gasteiger partial charge in [-0.15, -0.1) is 0 Å². The summed E-state index contributed by atoms with van der Waals surface area (Å²) in [6.07, 6.45) is 2.45. The molecule has 1 aliphatic rings. The third-order valence-corrected chi connectivity index (χ3v) is 3.92. The van der Waals surface area contributed by atoms with E-state index in [0.717, 1.165) is 13.1 Å². The van der Waals surface area contributed by atoms with Crippen molar-refractivity contribution in [3.63, 3.8) is 0 Å². The van der Waals surface area contributed by atoms with E-state index in [4.69, 9.17) is 4.74 Å². The number of benzene rings is 1. The average molecular weight is 262 g/mol. The van der Waals surface area contributed by atoms with Gasteiger partial charge in [0, 0.05) is 31.4 Å². The molecule has 1 aromatic rings. The van der Waals surface area contributed by atoms with Gasteiger partial charge in [-0.25, -0.2) is 0 Å². The highest BCUT2D eigenvalue weighted by molar-refractivity contribution is 5.50. The molecular weight excluding hydrogens is 236 g/mol. The maximum Gasteiger partial charge on any atom is 0.0713 e. The Balaban J connectivity index is 2.04. The molecule has 3 nitrogen and oxygen atoms in total. The summed E-state index contributed by atoms with van der Waals surface area (Å²) < 4.78 is 5.22. The highest BCUT2D eigenvalue weighted by Gasteiger charge is 2.24. The maximum absolute atomic E-state index is 5.22. The Morgan fingerprint density at radius 2 is 2.26 bits per heavy atom. The Morgan fingerprint density at radius 1 is 1.42 bits per heavy atom. The van der Waals surface area contributed by atoms with Gasteiger partial charge < -0.3 is 15.0 Å². The molecule has 1 aliphatic heterocycles. The van der Waals surface area contributed by atoms with Gasteiger partial charge in [-0.2, -0.15) is 0 Å². The molecule has 2 unspecified atom stereocenters. The second-order valence-corrected chi connectivity index (χ2v) is 5.42. The summed E-state index contributed by atoms with van der Waals surface area (Å²) in [7, 11) is 1.75. The summed E-state index contributed by atoms with van der Waals surface area (Å²) in [5.74, 6) is 0. The van der Waals surface area contributed by atoms with Crippen LogP contribution >= 0.6 is 0 Å². The lowest BCUT2D eigenvalue weighted by Crippen LogP contribution is -2.47. The molecule has 1 aromatic carbocycles. The summed E-state index contributed by atoms with van der Waals surface area (Å²) in [5.41, 5.74) is 2.58. The Morgan fingerprint density at radius 3 is 2.95 bits per heavy atom. The molecule has 1 N–H and O–H groups in total. The third kappa shape index (κ3) is 3.71. The number of methoxy groups -OCH3 is 1. The maximum atomic E-state index is 5.22. The molecule has 0 aromatic heterocycles. The number of nitrogens with one attached hydrogen (secondary N) is 1. The van der Waals surface area contributed by atoms with Crippen molar-refractivity contribution in [1.82, 2.24) is 5.32 Å². The molecule has 0 aliphatic carbocycles. The van der Waals surface area contributed by atoms with E-state index in [9.17, 15) is 0 Å². The number of piperidine rings is 1. The quantitative estimate of drug-likeness (QED) is 0.883. The molecule has 1 saturated heterocycles. The Kier molecular flexibility index (Phi) is 5.23. The van der Waals surface area contributed by atoms with Crippen molar-refractivity contribution >= 4 is 5.69 Å². The highest BCUT2D eigenvalue weighted by atomic mass is 16.5. The molecule has 2 atom stereocenters. The fourth-order valence-electron chi connectivity index (χ4n) is 3.02. The lowest BCUT2D eigenvalue weighted by atomic mass is 9.97. The Bertz CT molecular complexity index is 394. The van der Waals surface area contributed by atoms with Gasteiger partial charge in [-0.05, 0) is 44.0 Å². The third-order valence-electron chi connectivity index (χ3n) is 3.92. The lowest BCUT2D eigenvalue weighted by molar-refractivity contribution is 0.185. The minimum Gasteiger partial charge on any atom is -0.380 e. The van der Waals surface area contributed by atoms with Gasteiger partial charge in [0.2, 0.25) is 0 Å². The number of hydrogen-bond acceptors (Lipinski definition) is 3. The first-order chi connectivity index (χ1) is 9.24. The number of hydrogen-bond donors (Lipinski definition) is 1. The molecule has 0 spiro atoms. The SMILES string of the molecule is CCNC1CCN(c2cccc(COC)c2)C(C)C1. The van der Waals surface area contributed by atoms with E-state index < -0.39 is 0 Å². The number of anilines is 1. The van der Waals surface area contributed by atoms with Gasteiger partial charge in [-0.1, -0.05) is 19.1 Å². The van der Waals surface area contributed by atoms with Gasteiger partial charge in [0.05, 0.1) is 6.61 Å². The van der Waals surface area contributed by atoms with Crippen molar-refractivity contribution in [2.24, 2.45) is 0 Å². The molecule has 2 rings (SSSR count). The zero-order chi connectivity index (χ0) is 13.7. The van der Waals surface area contributed by atoms with Crippen molar-refractivity contribution in [2.75, 3.05) is 25.1 Å². The smallest absolute Gasteiger partial charge is 0.0713 e. The van der Waals surface area contributed by atoms with Crippen LogP contribution in [0.25, 0.3) is 0 Å². The van der Waals surface area contributed by atoms with Crippen molar-refractivity contribution in [1.29, 1.82) is 0 Å². The van der Waals surface area contributed by atoms with E-state index >= 15 is 0 Å². The predicted octanol–water partition coefficient (Wildman–Crippen LogP) is 2.80. The number of nitrogens with zero attached hydrogens (tertiary/aromatic N) is 1. The van der Waals surface area contributed by atoms with E-state index in [0.29, 0.717) is 18.7 Å². The largest absolute Gasteiger partial charge is 0.380 e. The Labute approximate surface area is 116 Å². The number of ether oxygens (including phenoxy) is 1. The van der Waals surface area contributed by atoms with Gasteiger partial charge >= 0.3 is 0 Å². The van der Waals surface area contributed by atoms with Crippen LogP contribution in [0.2, 0.25) is 0 Å². The van der Waals surface area contributed by atoms with E-state index in [1.54, 1.807) is 7.11 Å². The molecule has 0 radical (unpaired) electrons. The van der Waals surface area contributed by atoms with Crippen LogP contribution in [0.1, 0.15) is 32.3 Å². The normalized spacial score (nSPS) is 23.6. The van der Waals surface area contributed by atoms with Crippen molar-refractivity contribution in [3.05, 3.63) is 29.8 Å².